The van der Waals surface area contributed by atoms with Crippen LogP contribution < -0.4 is 10.5 Å². The first-order valence-electron chi connectivity index (χ1n) is 8.78. The van der Waals surface area contributed by atoms with E-state index in [1.165, 1.54) is 13.0 Å². The maximum Gasteiger partial charge on any atom is 0.323 e. The van der Waals surface area contributed by atoms with Gasteiger partial charge >= 0.3 is 5.97 Å². The molecule has 1 aromatic carbocycles. The minimum atomic E-state index is -1.49. The Bertz CT molecular complexity index is 625. The predicted octanol–water partition coefficient (Wildman–Crippen LogP) is 4.22. The largest absolute Gasteiger partial charge is 0.487 e. The predicted molar refractivity (Wildman–Crippen MR) is 91.7 cm³/mol. The zero-order valence-electron chi connectivity index (χ0n) is 15.0. The molecular formula is C19H27F2NO3. The number of carboxylic acid groups (broad SMARTS) is 1. The van der Waals surface area contributed by atoms with Crippen LogP contribution in [0.15, 0.2) is 12.1 Å². The van der Waals surface area contributed by atoms with Crippen LogP contribution in [0.3, 0.4) is 0 Å². The smallest absolute Gasteiger partial charge is 0.323 e. The lowest BCUT2D eigenvalue weighted by molar-refractivity contribution is -0.143. The van der Waals surface area contributed by atoms with Crippen LogP contribution in [0.1, 0.15) is 64.4 Å². The van der Waals surface area contributed by atoms with Gasteiger partial charge in [0.25, 0.3) is 0 Å². The summed E-state index contributed by atoms with van der Waals surface area (Å²) in [6.45, 7) is 5.12. The van der Waals surface area contributed by atoms with Gasteiger partial charge in [-0.25, -0.2) is 4.39 Å². The summed E-state index contributed by atoms with van der Waals surface area (Å²) in [6, 6.07) is 3.01. The molecule has 0 aromatic heterocycles. The molecule has 2 rings (SSSR count). The standard InChI is InChI=1S/C19H27F2NO3/c1-11-4-6-13(7-5-11)14-8-9-15(17(21)16(14)20)25-12(2)10-19(3,22)18(23)24/h8-9,11-13H,4-7,10,22H2,1-3H3,(H,23,24). The number of rotatable bonds is 6. The van der Waals surface area contributed by atoms with Crippen molar-refractivity contribution < 1.29 is 23.4 Å². The van der Waals surface area contributed by atoms with Crippen molar-refractivity contribution in [3.63, 3.8) is 0 Å². The zero-order valence-corrected chi connectivity index (χ0v) is 15.0. The lowest BCUT2D eigenvalue weighted by Gasteiger charge is -2.27. The van der Waals surface area contributed by atoms with E-state index in [4.69, 9.17) is 15.6 Å². The van der Waals surface area contributed by atoms with Crippen molar-refractivity contribution in [1.82, 2.24) is 0 Å². The second-order valence-corrected chi connectivity index (χ2v) is 7.59. The maximum atomic E-state index is 14.5. The number of halogens is 2. The first kappa shape index (κ1) is 19.6. The molecule has 1 aliphatic carbocycles. The normalized spacial score (nSPS) is 24.4. The third-order valence-electron chi connectivity index (χ3n) is 5.06. The van der Waals surface area contributed by atoms with Crippen LogP contribution in [-0.4, -0.2) is 22.7 Å². The van der Waals surface area contributed by atoms with Gasteiger partial charge in [-0.1, -0.05) is 25.8 Å². The fourth-order valence-electron chi connectivity index (χ4n) is 3.47. The van der Waals surface area contributed by atoms with E-state index >= 15 is 0 Å². The van der Waals surface area contributed by atoms with Gasteiger partial charge in [-0.2, -0.15) is 4.39 Å². The zero-order chi connectivity index (χ0) is 18.8. The number of carboxylic acids is 1. The van der Waals surface area contributed by atoms with Crippen LogP contribution in [0, 0.1) is 17.6 Å². The second kappa shape index (κ2) is 7.68. The van der Waals surface area contributed by atoms with E-state index in [9.17, 15) is 13.6 Å². The Morgan fingerprint density at radius 2 is 1.92 bits per heavy atom. The molecule has 3 N–H and O–H groups in total. The van der Waals surface area contributed by atoms with E-state index in [-0.39, 0.29) is 18.1 Å². The molecule has 2 atom stereocenters. The summed E-state index contributed by atoms with van der Waals surface area (Å²) in [7, 11) is 0. The highest BCUT2D eigenvalue weighted by atomic mass is 19.2. The fraction of sp³-hybridized carbons (Fsp3) is 0.632. The molecule has 0 radical (unpaired) electrons. The maximum absolute atomic E-state index is 14.5. The Morgan fingerprint density at radius 3 is 2.48 bits per heavy atom. The molecule has 2 unspecified atom stereocenters. The topological polar surface area (TPSA) is 72.5 Å². The van der Waals surface area contributed by atoms with Gasteiger partial charge in [-0.3, -0.25) is 4.79 Å². The molecule has 140 valence electrons. The lowest BCUT2D eigenvalue weighted by atomic mass is 9.79. The summed E-state index contributed by atoms with van der Waals surface area (Å²) in [6.07, 6.45) is 3.07. The molecule has 6 heteroatoms. The van der Waals surface area contributed by atoms with Crippen molar-refractivity contribution in [1.29, 1.82) is 0 Å². The van der Waals surface area contributed by atoms with Crippen molar-refractivity contribution >= 4 is 5.97 Å². The van der Waals surface area contributed by atoms with Crippen molar-refractivity contribution in [2.75, 3.05) is 0 Å². The summed E-state index contributed by atoms with van der Waals surface area (Å²) in [5, 5.41) is 9.04. The highest BCUT2D eigenvalue weighted by Crippen LogP contribution is 2.38. The number of benzene rings is 1. The highest BCUT2D eigenvalue weighted by molar-refractivity contribution is 5.77. The average molecular weight is 355 g/mol. The van der Waals surface area contributed by atoms with Crippen LogP contribution >= 0.6 is 0 Å². The third-order valence-corrected chi connectivity index (χ3v) is 5.06. The van der Waals surface area contributed by atoms with E-state index in [0.717, 1.165) is 25.7 Å². The quantitative estimate of drug-likeness (QED) is 0.801. The molecule has 1 saturated carbocycles. The summed E-state index contributed by atoms with van der Waals surface area (Å²) in [5.41, 5.74) is 4.58. The van der Waals surface area contributed by atoms with E-state index in [1.54, 1.807) is 13.0 Å². The SMILES string of the molecule is CC1CCC(c2ccc(OC(C)CC(C)(N)C(=O)O)c(F)c2F)CC1. The van der Waals surface area contributed by atoms with Crippen molar-refractivity contribution in [2.24, 2.45) is 11.7 Å². The summed E-state index contributed by atoms with van der Waals surface area (Å²) >= 11 is 0. The summed E-state index contributed by atoms with van der Waals surface area (Å²) < 4.78 is 34.3. The average Bonchev–Trinajstić information content (AvgIpc) is 2.52. The number of ether oxygens (including phenoxy) is 1. The molecule has 1 aliphatic rings. The summed E-state index contributed by atoms with van der Waals surface area (Å²) in [4.78, 5) is 11.1. The van der Waals surface area contributed by atoms with E-state index in [2.05, 4.69) is 6.92 Å². The number of aliphatic carboxylic acids is 1. The van der Waals surface area contributed by atoms with Gasteiger partial charge in [0, 0.05) is 6.42 Å². The molecule has 0 saturated heterocycles. The fourth-order valence-corrected chi connectivity index (χ4v) is 3.47. The molecule has 0 spiro atoms. The van der Waals surface area contributed by atoms with Gasteiger partial charge in [-0.05, 0) is 50.2 Å². The van der Waals surface area contributed by atoms with Crippen LogP contribution in [-0.2, 0) is 4.79 Å². The third kappa shape index (κ3) is 4.69. The first-order chi connectivity index (χ1) is 11.6. The van der Waals surface area contributed by atoms with E-state index < -0.39 is 29.2 Å². The minimum absolute atomic E-state index is 0.0222. The molecule has 0 aliphatic heterocycles. The molecule has 0 heterocycles. The number of nitrogens with two attached hydrogens (primary N) is 1. The van der Waals surface area contributed by atoms with Gasteiger partial charge in [0.15, 0.2) is 11.6 Å². The molecule has 1 aromatic rings. The van der Waals surface area contributed by atoms with Gasteiger partial charge < -0.3 is 15.6 Å². The molecule has 0 amide bonds. The Labute approximate surface area is 147 Å². The van der Waals surface area contributed by atoms with Gasteiger partial charge in [-0.15, -0.1) is 0 Å². The molecule has 1 fully saturated rings. The Kier molecular flexibility index (Phi) is 6.03. The number of hydrogen-bond donors (Lipinski definition) is 2. The van der Waals surface area contributed by atoms with Crippen LogP contribution in [0.25, 0.3) is 0 Å². The monoisotopic (exact) mass is 355 g/mol. The molecule has 25 heavy (non-hydrogen) atoms. The Hall–Kier alpha value is -1.69. The second-order valence-electron chi connectivity index (χ2n) is 7.59. The van der Waals surface area contributed by atoms with Gasteiger partial charge in [0.2, 0.25) is 5.82 Å². The van der Waals surface area contributed by atoms with Crippen LogP contribution in [0.4, 0.5) is 8.78 Å². The Balaban J connectivity index is 2.10. The van der Waals surface area contributed by atoms with E-state index in [0.29, 0.717) is 11.5 Å². The van der Waals surface area contributed by atoms with Crippen molar-refractivity contribution in [3.05, 3.63) is 29.3 Å². The Morgan fingerprint density at radius 1 is 1.32 bits per heavy atom. The first-order valence-corrected chi connectivity index (χ1v) is 8.78. The van der Waals surface area contributed by atoms with E-state index in [1.807, 2.05) is 0 Å². The van der Waals surface area contributed by atoms with Crippen LogP contribution in [0.5, 0.6) is 5.75 Å². The lowest BCUT2D eigenvalue weighted by Crippen LogP contribution is -2.47. The highest BCUT2D eigenvalue weighted by Gasteiger charge is 2.31. The number of carbonyl (C=O) groups is 1. The number of hydrogen-bond acceptors (Lipinski definition) is 3. The van der Waals surface area contributed by atoms with Gasteiger partial charge in [0.05, 0.1) is 6.10 Å². The molecular weight excluding hydrogens is 328 g/mol. The molecule has 4 nitrogen and oxygen atoms in total. The van der Waals surface area contributed by atoms with Crippen molar-refractivity contribution in [3.8, 4) is 5.75 Å². The summed E-state index contributed by atoms with van der Waals surface area (Å²) in [5.74, 6) is -2.59. The van der Waals surface area contributed by atoms with Gasteiger partial charge in [0.1, 0.15) is 5.54 Å². The van der Waals surface area contributed by atoms with Crippen LogP contribution in [0.2, 0.25) is 0 Å². The molecule has 0 bridgehead atoms. The minimum Gasteiger partial charge on any atom is -0.487 e. The van der Waals surface area contributed by atoms with Crippen molar-refractivity contribution in [2.45, 2.75) is 70.4 Å².